The molecule has 1 saturated carbocycles. The van der Waals surface area contributed by atoms with Gasteiger partial charge < -0.3 is 10.8 Å². The zero-order chi connectivity index (χ0) is 12.3. The largest absolute Gasteiger partial charge is 0.508 e. The van der Waals surface area contributed by atoms with Gasteiger partial charge in [0.05, 0.1) is 0 Å². The summed E-state index contributed by atoms with van der Waals surface area (Å²) in [5, 5.41) is 9.33. The number of carbonyl (C=O) groups is 1. The van der Waals surface area contributed by atoms with Crippen LogP contribution in [0.3, 0.4) is 0 Å². The maximum Gasteiger partial charge on any atom is 0.137 e. The summed E-state index contributed by atoms with van der Waals surface area (Å²) in [6, 6.07) is 6.89. The molecule has 0 radical (unpaired) electrons. The molecule has 3 N–H and O–H groups in total. The molecule has 17 heavy (non-hydrogen) atoms. The molecule has 0 spiro atoms. The lowest BCUT2D eigenvalue weighted by Crippen LogP contribution is -2.39. The van der Waals surface area contributed by atoms with Gasteiger partial charge in [-0.25, -0.2) is 0 Å². The molecule has 1 aliphatic carbocycles. The number of benzene rings is 1. The predicted octanol–water partition coefficient (Wildman–Crippen LogP) is 2.02. The first-order chi connectivity index (χ1) is 8.13. The molecule has 0 amide bonds. The minimum atomic E-state index is 0.0773. The second kappa shape index (κ2) is 4.88. The lowest BCUT2D eigenvalue weighted by molar-refractivity contribution is -0.122. The van der Waals surface area contributed by atoms with Crippen molar-refractivity contribution in [1.29, 1.82) is 0 Å². The van der Waals surface area contributed by atoms with Crippen molar-refractivity contribution in [3.8, 4) is 5.75 Å². The van der Waals surface area contributed by atoms with Gasteiger partial charge in [-0.05, 0) is 42.5 Å². The molecule has 0 atom stereocenters. The average Bonchev–Trinajstić information content (AvgIpc) is 2.23. The lowest BCUT2D eigenvalue weighted by atomic mass is 9.65. The van der Waals surface area contributed by atoms with Crippen LogP contribution in [0.4, 0.5) is 0 Å². The summed E-state index contributed by atoms with van der Waals surface area (Å²) in [6.07, 6.45) is 4.33. The molecule has 0 aliphatic heterocycles. The number of aromatic hydroxyl groups is 1. The van der Waals surface area contributed by atoms with Crippen molar-refractivity contribution in [3.05, 3.63) is 29.8 Å². The fraction of sp³-hybridized carbons (Fsp3) is 0.500. The van der Waals surface area contributed by atoms with E-state index >= 15 is 0 Å². The summed E-state index contributed by atoms with van der Waals surface area (Å²) in [5.74, 6) is 0.438. The van der Waals surface area contributed by atoms with Gasteiger partial charge in [0, 0.05) is 12.8 Å². The van der Waals surface area contributed by atoms with Gasteiger partial charge in [0.15, 0.2) is 0 Å². The van der Waals surface area contributed by atoms with Crippen molar-refractivity contribution in [1.82, 2.24) is 0 Å². The van der Waals surface area contributed by atoms with E-state index in [1.54, 1.807) is 18.2 Å². The summed E-state index contributed by atoms with van der Waals surface area (Å²) in [5.41, 5.74) is 6.70. The van der Waals surface area contributed by atoms with E-state index in [0.717, 1.165) is 18.4 Å². The maximum absolute atomic E-state index is 12.0. The average molecular weight is 233 g/mol. The van der Waals surface area contributed by atoms with E-state index in [1.807, 2.05) is 6.07 Å². The van der Waals surface area contributed by atoms with Crippen LogP contribution in [-0.2, 0) is 11.2 Å². The zero-order valence-electron chi connectivity index (χ0n) is 9.98. The molecule has 0 aromatic heterocycles. The van der Waals surface area contributed by atoms with Crippen LogP contribution in [0.15, 0.2) is 24.3 Å². The van der Waals surface area contributed by atoms with E-state index in [-0.39, 0.29) is 16.9 Å². The molecule has 0 saturated heterocycles. The number of Topliss-reactive ketones (excluding diaryl/α,β-unsaturated/α-hetero) is 1. The second-order valence-electron chi connectivity index (χ2n) is 5.12. The molecule has 3 heteroatoms. The summed E-state index contributed by atoms with van der Waals surface area (Å²) in [6.45, 7) is 0.610. The second-order valence-corrected chi connectivity index (χ2v) is 5.12. The number of ketones is 1. The van der Waals surface area contributed by atoms with Crippen LogP contribution in [0.25, 0.3) is 0 Å². The van der Waals surface area contributed by atoms with Crippen molar-refractivity contribution in [3.63, 3.8) is 0 Å². The third kappa shape index (κ3) is 2.86. The minimum absolute atomic E-state index is 0.0773. The van der Waals surface area contributed by atoms with E-state index in [4.69, 9.17) is 5.73 Å². The lowest BCUT2D eigenvalue weighted by Gasteiger charge is -2.40. The van der Waals surface area contributed by atoms with Crippen molar-refractivity contribution < 1.29 is 9.90 Å². The fourth-order valence-corrected chi connectivity index (χ4v) is 2.50. The topological polar surface area (TPSA) is 63.3 Å². The minimum Gasteiger partial charge on any atom is -0.508 e. The molecule has 1 aliphatic rings. The summed E-state index contributed by atoms with van der Waals surface area (Å²) >= 11 is 0. The van der Waals surface area contributed by atoms with E-state index < -0.39 is 0 Å². The Morgan fingerprint density at radius 2 is 2.18 bits per heavy atom. The Bertz CT molecular complexity index is 405. The van der Waals surface area contributed by atoms with Crippen LogP contribution < -0.4 is 5.73 Å². The Hall–Kier alpha value is -1.35. The highest BCUT2D eigenvalue weighted by Gasteiger charge is 2.37. The molecule has 0 unspecified atom stereocenters. The first kappa shape index (κ1) is 12.1. The summed E-state index contributed by atoms with van der Waals surface area (Å²) < 4.78 is 0. The zero-order valence-corrected chi connectivity index (χ0v) is 9.98. The van der Waals surface area contributed by atoms with Crippen LogP contribution in [0, 0.1) is 5.41 Å². The first-order valence-electron chi connectivity index (χ1n) is 6.13. The standard InChI is InChI=1S/C14H19NO2/c15-10-14(5-2-6-14)9-13(17)8-11-3-1-4-12(16)7-11/h1,3-4,7,16H,2,5-6,8-10,15H2. The highest BCUT2D eigenvalue weighted by Crippen LogP contribution is 2.43. The number of nitrogens with two attached hydrogens (primary N) is 1. The van der Waals surface area contributed by atoms with Crippen molar-refractivity contribution in [2.75, 3.05) is 6.54 Å². The number of phenols is 1. The van der Waals surface area contributed by atoms with E-state index in [1.165, 1.54) is 6.42 Å². The Kier molecular flexibility index (Phi) is 3.48. The molecule has 92 valence electrons. The van der Waals surface area contributed by atoms with Crippen molar-refractivity contribution in [2.45, 2.75) is 32.1 Å². The SMILES string of the molecule is NCC1(CC(=O)Cc2cccc(O)c2)CCC1. The number of rotatable bonds is 5. The first-order valence-corrected chi connectivity index (χ1v) is 6.13. The Morgan fingerprint density at radius 1 is 1.41 bits per heavy atom. The molecule has 1 fully saturated rings. The molecule has 3 nitrogen and oxygen atoms in total. The molecule has 0 bridgehead atoms. The molecule has 1 aromatic carbocycles. The highest BCUT2D eigenvalue weighted by molar-refractivity contribution is 5.81. The van der Waals surface area contributed by atoms with Crippen LogP contribution in [-0.4, -0.2) is 17.4 Å². The van der Waals surface area contributed by atoms with E-state index in [2.05, 4.69) is 0 Å². The quantitative estimate of drug-likeness (QED) is 0.817. The van der Waals surface area contributed by atoms with Crippen molar-refractivity contribution >= 4 is 5.78 Å². The highest BCUT2D eigenvalue weighted by atomic mass is 16.3. The van der Waals surface area contributed by atoms with Gasteiger partial charge in [0.25, 0.3) is 0 Å². The van der Waals surface area contributed by atoms with Crippen LogP contribution in [0.1, 0.15) is 31.2 Å². The number of phenolic OH excluding ortho intramolecular Hbond substituents is 1. The van der Waals surface area contributed by atoms with Gasteiger partial charge in [-0.2, -0.15) is 0 Å². The smallest absolute Gasteiger partial charge is 0.137 e. The molecule has 0 heterocycles. The van der Waals surface area contributed by atoms with Gasteiger partial charge in [-0.1, -0.05) is 18.6 Å². The van der Waals surface area contributed by atoms with Crippen LogP contribution >= 0.6 is 0 Å². The van der Waals surface area contributed by atoms with Gasteiger partial charge in [0.2, 0.25) is 0 Å². The van der Waals surface area contributed by atoms with Crippen LogP contribution in [0.5, 0.6) is 5.75 Å². The Balaban J connectivity index is 1.93. The fourth-order valence-electron chi connectivity index (χ4n) is 2.50. The number of hydrogen-bond acceptors (Lipinski definition) is 3. The van der Waals surface area contributed by atoms with Crippen LogP contribution in [0.2, 0.25) is 0 Å². The van der Waals surface area contributed by atoms with Gasteiger partial charge in [-0.15, -0.1) is 0 Å². The van der Waals surface area contributed by atoms with E-state index in [9.17, 15) is 9.90 Å². The van der Waals surface area contributed by atoms with Crippen molar-refractivity contribution in [2.24, 2.45) is 11.1 Å². The van der Waals surface area contributed by atoms with Gasteiger partial charge in [0.1, 0.15) is 11.5 Å². The predicted molar refractivity (Wildman–Crippen MR) is 66.8 cm³/mol. The molecule has 2 rings (SSSR count). The Labute approximate surface area is 102 Å². The molecule has 1 aromatic rings. The summed E-state index contributed by atoms with van der Waals surface area (Å²) in [7, 11) is 0. The third-order valence-corrected chi connectivity index (χ3v) is 3.73. The summed E-state index contributed by atoms with van der Waals surface area (Å²) in [4.78, 5) is 12.0. The van der Waals surface area contributed by atoms with Gasteiger partial charge >= 0.3 is 0 Å². The molecular weight excluding hydrogens is 214 g/mol. The van der Waals surface area contributed by atoms with Gasteiger partial charge in [-0.3, -0.25) is 4.79 Å². The number of carbonyl (C=O) groups excluding carboxylic acids is 1. The monoisotopic (exact) mass is 233 g/mol. The third-order valence-electron chi connectivity index (χ3n) is 3.73. The molecular formula is C14H19NO2. The number of hydrogen-bond donors (Lipinski definition) is 2. The Morgan fingerprint density at radius 3 is 2.71 bits per heavy atom. The normalized spacial score (nSPS) is 17.5. The van der Waals surface area contributed by atoms with E-state index in [0.29, 0.717) is 19.4 Å². The maximum atomic E-state index is 12.0.